The smallest absolute Gasteiger partial charge is 0.0669 e. The standard InChI is InChI=1S/C11H21N3O/c1-2-11(9-12)10-13-3-4-14-5-7-15-8-6-14/h11,13H,2-8,10H2,1H3. The number of hydrogen-bond donors (Lipinski definition) is 1. The van der Waals surface area contributed by atoms with Crippen molar-refractivity contribution in [2.75, 3.05) is 45.9 Å². The zero-order valence-corrected chi connectivity index (χ0v) is 9.54. The number of rotatable bonds is 6. The lowest BCUT2D eigenvalue weighted by Crippen LogP contribution is -2.40. The molecule has 1 heterocycles. The maximum Gasteiger partial charge on any atom is 0.0669 e. The van der Waals surface area contributed by atoms with E-state index in [1.165, 1.54) is 0 Å². The summed E-state index contributed by atoms with van der Waals surface area (Å²) in [5, 5.41) is 12.1. The van der Waals surface area contributed by atoms with Crippen molar-refractivity contribution in [1.29, 1.82) is 5.26 Å². The van der Waals surface area contributed by atoms with Crippen LogP contribution >= 0.6 is 0 Å². The van der Waals surface area contributed by atoms with E-state index in [1.807, 2.05) is 0 Å². The summed E-state index contributed by atoms with van der Waals surface area (Å²) in [4.78, 5) is 2.39. The van der Waals surface area contributed by atoms with E-state index in [2.05, 4.69) is 23.2 Å². The van der Waals surface area contributed by atoms with Gasteiger partial charge in [0.2, 0.25) is 0 Å². The van der Waals surface area contributed by atoms with Crippen molar-refractivity contribution in [2.24, 2.45) is 5.92 Å². The molecule has 0 aliphatic carbocycles. The summed E-state index contributed by atoms with van der Waals surface area (Å²) >= 11 is 0. The summed E-state index contributed by atoms with van der Waals surface area (Å²) in [7, 11) is 0. The molecule has 1 rings (SSSR count). The molecule has 1 unspecified atom stereocenters. The summed E-state index contributed by atoms with van der Waals surface area (Å²) in [5.41, 5.74) is 0. The normalized spacial score (nSPS) is 19.7. The van der Waals surface area contributed by atoms with E-state index in [-0.39, 0.29) is 5.92 Å². The molecule has 0 aromatic carbocycles. The van der Waals surface area contributed by atoms with Gasteiger partial charge in [-0.25, -0.2) is 0 Å². The zero-order valence-electron chi connectivity index (χ0n) is 9.54. The highest BCUT2D eigenvalue weighted by Crippen LogP contribution is 1.98. The van der Waals surface area contributed by atoms with Crippen LogP contribution < -0.4 is 5.32 Å². The summed E-state index contributed by atoms with van der Waals surface area (Å²) in [6.45, 7) is 8.69. The Morgan fingerprint density at radius 1 is 1.47 bits per heavy atom. The van der Waals surface area contributed by atoms with Crippen LogP contribution in [0.4, 0.5) is 0 Å². The molecule has 0 bridgehead atoms. The van der Waals surface area contributed by atoms with Gasteiger partial charge >= 0.3 is 0 Å². The molecular formula is C11H21N3O. The van der Waals surface area contributed by atoms with Gasteiger partial charge in [0.1, 0.15) is 0 Å². The molecule has 1 aliphatic heterocycles. The molecule has 1 aliphatic rings. The fraction of sp³-hybridized carbons (Fsp3) is 0.909. The average molecular weight is 211 g/mol. The van der Waals surface area contributed by atoms with E-state index in [0.29, 0.717) is 0 Å². The number of morpholine rings is 1. The maximum atomic E-state index is 8.76. The monoisotopic (exact) mass is 211 g/mol. The van der Waals surface area contributed by atoms with Crippen molar-refractivity contribution in [3.05, 3.63) is 0 Å². The van der Waals surface area contributed by atoms with Crippen LogP contribution in [0.3, 0.4) is 0 Å². The van der Waals surface area contributed by atoms with Gasteiger partial charge in [0, 0.05) is 32.7 Å². The average Bonchev–Trinajstić information content (AvgIpc) is 2.31. The minimum atomic E-state index is 0.162. The Hall–Kier alpha value is -0.630. The molecule has 0 aromatic heterocycles. The second kappa shape index (κ2) is 7.63. The Bertz CT molecular complexity index is 196. The highest BCUT2D eigenvalue weighted by molar-refractivity contribution is 4.83. The van der Waals surface area contributed by atoms with Crippen LogP contribution in [0.1, 0.15) is 13.3 Å². The van der Waals surface area contributed by atoms with Crippen molar-refractivity contribution in [2.45, 2.75) is 13.3 Å². The number of hydrogen-bond acceptors (Lipinski definition) is 4. The van der Waals surface area contributed by atoms with Crippen molar-refractivity contribution in [1.82, 2.24) is 10.2 Å². The van der Waals surface area contributed by atoms with E-state index in [9.17, 15) is 0 Å². The Labute approximate surface area is 92.2 Å². The first kappa shape index (κ1) is 12.4. The lowest BCUT2D eigenvalue weighted by Gasteiger charge is -2.26. The fourth-order valence-corrected chi connectivity index (χ4v) is 1.62. The quantitative estimate of drug-likeness (QED) is 0.648. The molecule has 0 spiro atoms. The van der Waals surface area contributed by atoms with Crippen LogP contribution in [-0.4, -0.2) is 50.8 Å². The lowest BCUT2D eigenvalue weighted by atomic mass is 10.1. The van der Waals surface area contributed by atoms with Crippen LogP contribution in [0.25, 0.3) is 0 Å². The number of nitrogens with zero attached hydrogens (tertiary/aromatic N) is 2. The topological polar surface area (TPSA) is 48.3 Å². The number of nitriles is 1. The minimum Gasteiger partial charge on any atom is -0.379 e. The van der Waals surface area contributed by atoms with Crippen LogP contribution in [0.5, 0.6) is 0 Å². The van der Waals surface area contributed by atoms with Crippen molar-refractivity contribution < 1.29 is 4.74 Å². The van der Waals surface area contributed by atoms with E-state index in [4.69, 9.17) is 10.00 Å². The maximum absolute atomic E-state index is 8.76. The Morgan fingerprint density at radius 2 is 2.20 bits per heavy atom. The number of ether oxygens (including phenoxy) is 1. The van der Waals surface area contributed by atoms with Gasteiger partial charge in [0.25, 0.3) is 0 Å². The van der Waals surface area contributed by atoms with Crippen molar-refractivity contribution in [3.63, 3.8) is 0 Å². The predicted molar refractivity (Wildman–Crippen MR) is 59.5 cm³/mol. The third-order valence-corrected chi connectivity index (χ3v) is 2.77. The van der Waals surface area contributed by atoms with E-state index >= 15 is 0 Å². The number of nitrogens with one attached hydrogen (secondary N) is 1. The molecule has 1 N–H and O–H groups in total. The molecule has 86 valence electrons. The molecule has 0 aromatic rings. The molecule has 0 radical (unpaired) electrons. The summed E-state index contributed by atoms with van der Waals surface area (Å²) in [5.74, 6) is 0.162. The Morgan fingerprint density at radius 3 is 2.80 bits per heavy atom. The summed E-state index contributed by atoms with van der Waals surface area (Å²) in [6.07, 6.45) is 0.932. The van der Waals surface area contributed by atoms with Crippen LogP contribution in [0.2, 0.25) is 0 Å². The highest BCUT2D eigenvalue weighted by Gasteiger charge is 2.09. The second-order valence-electron chi connectivity index (χ2n) is 3.89. The lowest BCUT2D eigenvalue weighted by molar-refractivity contribution is 0.0384. The van der Waals surface area contributed by atoms with E-state index in [1.54, 1.807) is 0 Å². The van der Waals surface area contributed by atoms with Gasteiger partial charge in [-0.2, -0.15) is 5.26 Å². The third-order valence-electron chi connectivity index (χ3n) is 2.77. The highest BCUT2D eigenvalue weighted by atomic mass is 16.5. The summed E-state index contributed by atoms with van der Waals surface area (Å²) < 4.78 is 5.27. The van der Waals surface area contributed by atoms with Gasteiger partial charge in [-0.15, -0.1) is 0 Å². The molecule has 1 fully saturated rings. The second-order valence-corrected chi connectivity index (χ2v) is 3.89. The van der Waals surface area contributed by atoms with Crippen LogP contribution in [-0.2, 0) is 4.74 Å². The van der Waals surface area contributed by atoms with Crippen molar-refractivity contribution in [3.8, 4) is 6.07 Å². The molecule has 1 atom stereocenters. The van der Waals surface area contributed by atoms with Crippen molar-refractivity contribution >= 4 is 0 Å². The van der Waals surface area contributed by atoms with Gasteiger partial charge in [0.05, 0.1) is 25.2 Å². The first-order valence-electron chi connectivity index (χ1n) is 5.77. The van der Waals surface area contributed by atoms with Gasteiger partial charge in [0.15, 0.2) is 0 Å². The minimum absolute atomic E-state index is 0.162. The largest absolute Gasteiger partial charge is 0.379 e. The van der Waals surface area contributed by atoms with Gasteiger partial charge < -0.3 is 10.1 Å². The van der Waals surface area contributed by atoms with Gasteiger partial charge in [-0.1, -0.05) is 6.92 Å². The molecule has 15 heavy (non-hydrogen) atoms. The summed E-state index contributed by atoms with van der Waals surface area (Å²) in [6, 6.07) is 2.29. The van der Waals surface area contributed by atoms with E-state index < -0.39 is 0 Å². The predicted octanol–water partition coefficient (Wildman–Crippen LogP) is 0.458. The van der Waals surface area contributed by atoms with Gasteiger partial charge in [-0.3, -0.25) is 4.90 Å². The van der Waals surface area contributed by atoms with Crippen LogP contribution in [0.15, 0.2) is 0 Å². The molecular weight excluding hydrogens is 190 g/mol. The molecule has 0 saturated carbocycles. The van der Waals surface area contributed by atoms with Crippen LogP contribution in [0, 0.1) is 17.2 Å². The molecule has 0 amide bonds. The van der Waals surface area contributed by atoms with E-state index in [0.717, 1.165) is 52.4 Å². The third kappa shape index (κ3) is 5.12. The first-order valence-corrected chi connectivity index (χ1v) is 5.77. The molecule has 1 saturated heterocycles. The SMILES string of the molecule is CCC(C#N)CNCCN1CCOCC1. The fourth-order valence-electron chi connectivity index (χ4n) is 1.62. The van der Waals surface area contributed by atoms with Gasteiger partial charge in [-0.05, 0) is 6.42 Å². The Kier molecular flexibility index (Phi) is 6.33. The molecule has 4 nitrogen and oxygen atoms in total. The molecule has 4 heteroatoms. The first-order chi connectivity index (χ1) is 7.36. The zero-order chi connectivity index (χ0) is 10.9. The Balaban J connectivity index is 1.98.